The molecule has 20 heteroatoms. The molecule has 20 nitrogen and oxygen atoms in total. The van der Waals surface area contributed by atoms with Crippen LogP contribution in [-0.2, 0) is 49.6 Å². The molecule has 0 bridgehead atoms. The lowest BCUT2D eigenvalue weighted by atomic mass is 9.97. The highest BCUT2D eigenvalue weighted by Gasteiger charge is 2.35. The molecular formula is C36H50N8O12. The quantitative estimate of drug-likeness (QED) is 0.0478. The minimum atomic E-state index is -1.85. The largest absolute Gasteiger partial charge is 0.481 e. The summed E-state index contributed by atoms with van der Waals surface area (Å²) in [6.45, 7) is 2.85. The van der Waals surface area contributed by atoms with E-state index in [4.69, 9.17) is 21.7 Å². The Morgan fingerprint density at radius 3 is 1.86 bits per heavy atom. The zero-order valence-corrected chi connectivity index (χ0v) is 31.0. The van der Waals surface area contributed by atoms with Crippen LogP contribution in [0.25, 0.3) is 10.8 Å². The number of aliphatic carboxylic acids is 2. The maximum atomic E-state index is 13.7. The number of aliphatic hydroxyl groups is 1. The van der Waals surface area contributed by atoms with Gasteiger partial charge in [-0.2, -0.15) is 0 Å². The molecule has 7 amide bonds. The minimum absolute atomic E-state index is 0.158. The molecule has 2 aromatic rings. The van der Waals surface area contributed by atoms with Gasteiger partial charge in [0.1, 0.15) is 24.2 Å². The summed E-state index contributed by atoms with van der Waals surface area (Å²) in [6, 6.07) is 4.45. The first kappa shape index (κ1) is 46.0. The monoisotopic (exact) mass is 786 g/mol. The molecule has 0 heterocycles. The van der Waals surface area contributed by atoms with Gasteiger partial charge in [-0.3, -0.25) is 43.2 Å². The number of rotatable bonds is 24. The van der Waals surface area contributed by atoms with Crippen LogP contribution in [0.4, 0.5) is 0 Å². The second-order valence-electron chi connectivity index (χ2n) is 13.1. The fraction of sp³-hybridized carbons (Fsp3) is 0.472. The summed E-state index contributed by atoms with van der Waals surface area (Å²) < 4.78 is 0. The summed E-state index contributed by atoms with van der Waals surface area (Å²) in [6.07, 6.45) is -2.16. The molecule has 0 aromatic heterocycles. The Morgan fingerprint density at radius 1 is 0.696 bits per heavy atom. The number of nitrogens with two attached hydrogens (primary N) is 2. The zero-order valence-electron chi connectivity index (χ0n) is 31.0. The highest BCUT2D eigenvalue weighted by molar-refractivity contribution is 5.99. The van der Waals surface area contributed by atoms with Crippen LogP contribution < -0.4 is 43.4 Å². The van der Waals surface area contributed by atoms with E-state index in [2.05, 4.69) is 31.9 Å². The van der Waals surface area contributed by atoms with Crippen molar-refractivity contribution in [1.82, 2.24) is 31.9 Å². The number of hydrogen-bond acceptors (Lipinski definition) is 11. The summed E-state index contributed by atoms with van der Waals surface area (Å²) in [5.41, 5.74) is 11.6. The van der Waals surface area contributed by atoms with Crippen LogP contribution in [0.3, 0.4) is 0 Å². The standard InChI is InChI=1S/C36H50N8O12/c1-3-19(2)31(36(56)40-18-28(47)39-11-6-12-45)44-35(55)26(17-30(50)51)43-34(54)25(16-27(38)46)42-33(53)24(41-32(52)23(37)15-29(48)49)14-20-9-10-21-7-4-5-8-22(21)13-20/h4-5,7-10,13,19,23-26,31,45H,3,6,11-12,14-18,37H2,1-2H3,(H2,38,46)(H,39,47)(H,40,56)(H,41,52)(H,42,53)(H,43,54)(H,44,55)(H,48,49)(H,50,51). The van der Waals surface area contributed by atoms with Gasteiger partial charge < -0.3 is 58.7 Å². The Bertz CT molecular complexity index is 1760. The van der Waals surface area contributed by atoms with E-state index in [0.717, 1.165) is 10.8 Å². The topological polar surface area (TPSA) is 339 Å². The van der Waals surface area contributed by atoms with E-state index >= 15 is 0 Å². The number of carbonyl (C=O) groups excluding carboxylic acids is 7. The minimum Gasteiger partial charge on any atom is -0.481 e. The summed E-state index contributed by atoms with van der Waals surface area (Å²) in [4.78, 5) is 114. The summed E-state index contributed by atoms with van der Waals surface area (Å²) >= 11 is 0. The Balaban J connectivity index is 2.33. The third kappa shape index (κ3) is 15.7. The van der Waals surface area contributed by atoms with Crippen LogP contribution in [0, 0.1) is 5.92 Å². The fourth-order valence-electron chi connectivity index (χ4n) is 5.31. The van der Waals surface area contributed by atoms with Gasteiger partial charge >= 0.3 is 11.9 Å². The Kier molecular flexibility index (Phi) is 18.8. The lowest BCUT2D eigenvalue weighted by Crippen LogP contribution is -2.60. The number of carboxylic acids is 2. The average Bonchev–Trinajstić information content (AvgIpc) is 3.14. The van der Waals surface area contributed by atoms with Crippen molar-refractivity contribution in [3.63, 3.8) is 0 Å². The lowest BCUT2D eigenvalue weighted by molar-refractivity contribution is -0.142. The number of hydrogen-bond donors (Lipinski definition) is 11. The molecule has 56 heavy (non-hydrogen) atoms. The highest BCUT2D eigenvalue weighted by Crippen LogP contribution is 2.17. The zero-order chi connectivity index (χ0) is 41.9. The van der Waals surface area contributed by atoms with Gasteiger partial charge in [0.25, 0.3) is 0 Å². The molecule has 0 aliphatic rings. The Labute approximate surface area is 321 Å². The van der Waals surface area contributed by atoms with Crippen LogP contribution in [-0.4, -0.2) is 119 Å². The number of primary amides is 1. The second-order valence-corrected chi connectivity index (χ2v) is 13.1. The first-order valence-corrected chi connectivity index (χ1v) is 17.8. The molecule has 6 atom stereocenters. The van der Waals surface area contributed by atoms with Gasteiger partial charge in [-0.05, 0) is 28.7 Å². The van der Waals surface area contributed by atoms with Crippen LogP contribution in [0.1, 0.15) is 51.5 Å². The molecule has 13 N–H and O–H groups in total. The van der Waals surface area contributed by atoms with E-state index in [1.807, 2.05) is 18.2 Å². The van der Waals surface area contributed by atoms with Gasteiger partial charge in [0, 0.05) is 19.6 Å². The summed E-state index contributed by atoms with van der Waals surface area (Å²) in [5.74, 6) is -10.3. The van der Waals surface area contributed by atoms with Crippen molar-refractivity contribution in [1.29, 1.82) is 0 Å². The SMILES string of the molecule is CCC(C)C(NC(=O)C(CC(=O)O)NC(=O)C(CC(N)=O)NC(=O)C(Cc1ccc2ccccc2c1)NC(=O)C(N)CC(=O)O)C(=O)NCC(=O)NCCCO. The average molecular weight is 787 g/mol. The van der Waals surface area contributed by atoms with Crippen molar-refractivity contribution in [3.05, 3.63) is 48.0 Å². The third-order valence-electron chi connectivity index (χ3n) is 8.54. The molecule has 0 saturated carbocycles. The number of carbonyl (C=O) groups is 9. The molecule has 0 saturated heterocycles. The van der Waals surface area contributed by atoms with E-state index < -0.39 is 115 Å². The van der Waals surface area contributed by atoms with E-state index in [1.54, 1.807) is 38.1 Å². The van der Waals surface area contributed by atoms with Gasteiger partial charge in [-0.15, -0.1) is 0 Å². The van der Waals surface area contributed by atoms with E-state index in [1.165, 1.54) is 0 Å². The molecule has 2 rings (SSSR count). The van der Waals surface area contributed by atoms with Crippen LogP contribution >= 0.6 is 0 Å². The van der Waals surface area contributed by atoms with Crippen LogP contribution in [0.2, 0.25) is 0 Å². The smallest absolute Gasteiger partial charge is 0.305 e. The number of carboxylic acid groups (broad SMARTS) is 2. The van der Waals surface area contributed by atoms with E-state index in [9.17, 15) is 48.3 Å². The van der Waals surface area contributed by atoms with Gasteiger partial charge in [-0.1, -0.05) is 62.7 Å². The predicted octanol–water partition coefficient (Wildman–Crippen LogP) is -2.87. The predicted molar refractivity (Wildman–Crippen MR) is 199 cm³/mol. The first-order chi connectivity index (χ1) is 26.4. The molecule has 0 aliphatic heterocycles. The van der Waals surface area contributed by atoms with Gasteiger partial charge in [-0.25, -0.2) is 0 Å². The molecule has 2 aromatic carbocycles. The molecule has 0 spiro atoms. The Morgan fingerprint density at radius 2 is 1.27 bits per heavy atom. The summed E-state index contributed by atoms with van der Waals surface area (Å²) in [5, 5.41) is 43.3. The van der Waals surface area contributed by atoms with Gasteiger partial charge in [0.15, 0.2) is 0 Å². The lowest BCUT2D eigenvalue weighted by Gasteiger charge is -2.27. The Hall–Kier alpha value is -6.15. The molecule has 0 radical (unpaired) electrons. The molecule has 6 unspecified atom stereocenters. The maximum absolute atomic E-state index is 13.7. The van der Waals surface area contributed by atoms with Crippen molar-refractivity contribution in [2.45, 2.75) is 82.6 Å². The summed E-state index contributed by atoms with van der Waals surface area (Å²) in [7, 11) is 0. The second kappa shape index (κ2) is 22.9. The normalized spacial score (nSPS) is 14.1. The molecule has 0 fully saturated rings. The van der Waals surface area contributed by atoms with E-state index in [-0.39, 0.29) is 26.0 Å². The molecule has 0 aliphatic carbocycles. The van der Waals surface area contributed by atoms with Crippen molar-refractivity contribution >= 4 is 64.1 Å². The molecular weight excluding hydrogens is 736 g/mol. The first-order valence-electron chi connectivity index (χ1n) is 17.8. The maximum Gasteiger partial charge on any atom is 0.305 e. The number of nitrogens with one attached hydrogen (secondary N) is 6. The van der Waals surface area contributed by atoms with E-state index in [0.29, 0.717) is 12.0 Å². The van der Waals surface area contributed by atoms with Crippen molar-refractivity contribution in [2.24, 2.45) is 17.4 Å². The van der Waals surface area contributed by atoms with Gasteiger partial charge in [0.05, 0.1) is 31.8 Å². The molecule has 306 valence electrons. The van der Waals surface area contributed by atoms with Crippen molar-refractivity contribution in [2.75, 3.05) is 19.7 Å². The third-order valence-corrected chi connectivity index (χ3v) is 8.54. The number of aliphatic hydroxyl groups excluding tert-OH is 1. The number of amides is 7. The fourth-order valence-corrected chi connectivity index (χ4v) is 5.31. The van der Waals surface area contributed by atoms with Gasteiger partial charge in [0.2, 0.25) is 41.4 Å². The number of benzene rings is 2. The van der Waals surface area contributed by atoms with Crippen LogP contribution in [0.5, 0.6) is 0 Å². The van der Waals surface area contributed by atoms with Crippen molar-refractivity contribution in [3.8, 4) is 0 Å². The van der Waals surface area contributed by atoms with Crippen LogP contribution in [0.15, 0.2) is 42.5 Å². The van der Waals surface area contributed by atoms with Crippen molar-refractivity contribution < 1.29 is 58.5 Å². The highest BCUT2D eigenvalue weighted by atomic mass is 16.4. The number of fused-ring (bicyclic) bond motifs is 1.